The second-order valence-electron chi connectivity index (χ2n) is 6.15. The fourth-order valence-corrected chi connectivity index (χ4v) is 3.70. The van der Waals surface area contributed by atoms with Crippen molar-refractivity contribution in [3.05, 3.63) is 11.6 Å². The second kappa shape index (κ2) is 7.40. The number of nitrogens with zero attached hydrogens (tertiary/aromatic N) is 4. The molecule has 0 aromatic carbocycles. The van der Waals surface area contributed by atoms with E-state index in [2.05, 4.69) is 15.0 Å². The van der Waals surface area contributed by atoms with E-state index in [1.807, 2.05) is 0 Å². The lowest BCUT2D eigenvalue weighted by Crippen LogP contribution is -2.31. The molecule has 0 amide bonds. The Morgan fingerprint density at radius 1 is 1.33 bits per heavy atom. The van der Waals surface area contributed by atoms with Crippen LogP contribution in [-0.2, 0) is 14.1 Å². The van der Waals surface area contributed by atoms with Crippen molar-refractivity contribution in [3.63, 3.8) is 0 Å². The van der Waals surface area contributed by atoms with Crippen molar-refractivity contribution in [2.45, 2.75) is 37.4 Å². The Morgan fingerprint density at radius 3 is 2.70 bits per heavy atom. The first-order valence-electron chi connectivity index (χ1n) is 7.80. The highest BCUT2D eigenvalue weighted by Crippen LogP contribution is 2.36. The molecule has 12 nitrogen and oxygen atoms in total. The molecule has 1 aliphatic heterocycles. The number of hydrogen-bond acceptors (Lipinski definition) is 9. The molecule has 0 spiro atoms. The molecule has 1 unspecified atom stereocenters. The van der Waals surface area contributed by atoms with Crippen LogP contribution in [0.25, 0.3) is 11.2 Å². The van der Waals surface area contributed by atoms with Crippen LogP contribution in [0.3, 0.4) is 0 Å². The Bertz CT molecular complexity index is 918. The Kier molecular flexibility index (Phi) is 5.50. The molecular weight excluding hydrogens is 405 g/mol. The normalized spacial score (nSPS) is 26.0. The number of aliphatic hydroxyl groups excluding tert-OH is 2. The van der Waals surface area contributed by atoms with E-state index < -0.39 is 44.1 Å². The summed E-state index contributed by atoms with van der Waals surface area (Å²) in [5, 5.41) is 20.4. The summed E-state index contributed by atoms with van der Waals surface area (Å²) in [6.45, 7) is 0. The third-order valence-corrected chi connectivity index (χ3v) is 5.06. The molecule has 1 aliphatic rings. The fourth-order valence-electron chi connectivity index (χ4n) is 2.91. The lowest BCUT2D eigenvalue weighted by molar-refractivity contribution is -0.118. The molecule has 3 heterocycles. The SMILES string of the molecule is Nc1nc(Cl)nc2c1ncn2[C@@H]1O[C@H](CCC(=O)CP(=O)(O)O)C(O)[C@@H]1O. The van der Waals surface area contributed by atoms with E-state index in [-0.39, 0.29) is 35.1 Å². The number of imidazole rings is 1. The number of aromatic nitrogens is 4. The van der Waals surface area contributed by atoms with E-state index >= 15 is 0 Å². The average Bonchev–Trinajstić information content (AvgIpc) is 3.07. The molecule has 0 aliphatic carbocycles. The molecule has 27 heavy (non-hydrogen) atoms. The van der Waals surface area contributed by atoms with E-state index in [0.717, 1.165) is 0 Å². The van der Waals surface area contributed by atoms with Crippen molar-refractivity contribution in [3.8, 4) is 0 Å². The minimum absolute atomic E-state index is 0.0297. The number of aliphatic hydroxyl groups is 2. The van der Waals surface area contributed by atoms with E-state index in [0.29, 0.717) is 0 Å². The standard InChI is InChI=1S/C13H17ClN5O7P/c14-13-17-10(15)7-11(18-13)19(4-16-7)12-9(22)8(21)6(26-12)2-1-5(20)3-27(23,24)25/h4,6,8-9,12,21-22H,1-3H2,(H2,15,17,18)(H2,23,24,25)/t6-,8?,9+,12-/m1/s1. The minimum Gasteiger partial charge on any atom is -0.388 e. The number of carbonyl (C=O) groups is 1. The maximum Gasteiger partial charge on any atom is 0.332 e. The van der Waals surface area contributed by atoms with Gasteiger partial charge in [-0.25, -0.2) is 4.98 Å². The van der Waals surface area contributed by atoms with Gasteiger partial charge in [0.1, 0.15) is 29.7 Å². The molecular formula is C13H17ClN5O7P. The average molecular weight is 422 g/mol. The Balaban J connectivity index is 1.76. The number of ether oxygens (including phenoxy) is 1. The zero-order valence-corrected chi connectivity index (χ0v) is 15.4. The Labute approximate surface area is 157 Å². The number of Topliss-reactive ketones (excluding diaryl/α,β-unsaturated/α-hetero) is 1. The molecule has 6 N–H and O–H groups in total. The zero-order chi connectivity index (χ0) is 19.9. The van der Waals surface area contributed by atoms with Crippen molar-refractivity contribution >= 4 is 42.0 Å². The smallest absolute Gasteiger partial charge is 0.332 e. The van der Waals surface area contributed by atoms with Crippen LogP contribution in [0.5, 0.6) is 0 Å². The van der Waals surface area contributed by atoms with Gasteiger partial charge < -0.3 is 30.5 Å². The third-order valence-electron chi connectivity index (χ3n) is 4.12. The summed E-state index contributed by atoms with van der Waals surface area (Å²) in [7, 11) is -4.45. The van der Waals surface area contributed by atoms with Crippen molar-refractivity contribution in [2.24, 2.45) is 0 Å². The number of nitrogens with two attached hydrogens (primary N) is 1. The van der Waals surface area contributed by atoms with Crippen molar-refractivity contribution in [1.82, 2.24) is 19.5 Å². The van der Waals surface area contributed by atoms with Crippen molar-refractivity contribution < 1.29 is 34.1 Å². The van der Waals surface area contributed by atoms with Gasteiger partial charge in [0, 0.05) is 6.42 Å². The molecule has 1 saturated heterocycles. The highest BCUT2D eigenvalue weighted by atomic mass is 35.5. The van der Waals surface area contributed by atoms with Crippen molar-refractivity contribution in [1.29, 1.82) is 0 Å². The third kappa shape index (κ3) is 4.27. The summed E-state index contributed by atoms with van der Waals surface area (Å²) >= 11 is 5.79. The first-order valence-corrected chi connectivity index (χ1v) is 9.98. The molecule has 2 aromatic rings. The number of fused-ring (bicyclic) bond motifs is 1. The number of nitrogen functional groups attached to an aromatic ring is 1. The molecule has 1 fully saturated rings. The van der Waals surface area contributed by atoms with Crippen LogP contribution in [0, 0.1) is 0 Å². The quantitative estimate of drug-likeness (QED) is 0.289. The molecule has 0 bridgehead atoms. The first kappa shape index (κ1) is 20.1. The summed E-state index contributed by atoms with van der Waals surface area (Å²) in [4.78, 5) is 41.1. The van der Waals surface area contributed by atoms with Gasteiger partial charge in [0.25, 0.3) is 0 Å². The van der Waals surface area contributed by atoms with Crippen LogP contribution >= 0.6 is 19.2 Å². The molecule has 0 radical (unpaired) electrons. The van der Waals surface area contributed by atoms with Crippen LogP contribution < -0.4 is 5.73 Å². The molecule has 4 atom stereocenters. The van der Waals surface area contributed by atoms with Gasteiger partial charge in [0.2, 0.25) is 5.28 Å². The Morgan fingerprint density at radius 2 is 2.04 bits per heavy atom. The van der Waals surface area contributed by atoms with Gasteiger partial charge in [0.15, 0.2) is 17.7 Å². The van der Waals surface area contributed by atoms with Crippen LogP contribution in [0.15, 0.2) is 6.33 Å². The second-order valence-corrected chi connectivity index (χ2v) is 8.13. The van der Waals surface area contributed by atoms with Gasteiger partial charge in [-0.1, -0.05) is 0 Å². The summed E-state index contributed by atoms with van der Waals surface area (Å²) in [5.41, 5.74) is 6.16. The van der Waals surface area contributed by atoms with Gasteiger partial charge in [-0.2, -0.15) is 9.97 Å². The van der Waals surface area contributed by atoms with E-state index in [9.17, 15) is 19.6 Å². The van der Waals surface area contributed by atoms with Crippen LogP contribution in [0.2, 0.25) is 5.28 Å². The predicted octanol–water partition coefficient (Wildman–Crippen LogP) is -0.792. The largest absolute Gasteiger partial charge is 0.388 e. The van der Waals surface area contributed by atoms with Gasteiger partial charge >= 0.3 is 7.60 Å². The predicted molar refractivity (Wildman–Crippen MR) is 91.8 cm³/mol. The fraction of sp³-hybridized carbons (Fsp3) is 0.538. The van der Waals surface area contributed by atoms with Crippen LogP contribution in [0.4, 0.5) is 5.82 Å². The minimum atomic E-state index is -4.45. The number of hydrogen-bond donors (Lipinski definition) is 5. The lowest BCUT2D eigenvalue weighted by Gasteiger charge is -2.16. The number of halogens is 1. The highest BCUT2D eigenvalue weighted by Gasteiger charge is 2.44. The van der Waals surface area contributed by atoms with Crippen LogP contribution in [-0.4, -0.2) is 69.8 Å². The summed E-state index contributed by atoms with van der Waals surface area (Å²) < 4.78 is 17.8. The maximum atomic E-state index is 11.6. The molecule has 2 aromatic heterocycles. The zero-order valence-electron chi connectivity index (χ0n) is 13.7. The Hall–Kier alpha value is -1.66. The van der Waals surface area contributed by atoms with E-state index in [4.69, 9.17) is 31.9 Å². The van der Waals surface area contributed by atoms with E-state index in [1.165, 1.54) is 10.9 Å². The number of carbonyl (C=O) groups excluding carboxylic acids is 1. The van der Waals surface area contributed by atoms with Gasteiger partial charge in [-0.05, 0) is 18.0 Å². The molecule has 3 rings (SSSR count). The van der Waals surface area contributed by atoms with Gasteiger partial charge in [-0.3, -0.25) is 13.9 Å². The molecule has 14 heteroatoms. The maximum absolute atomic E-state index is 11.6. The number of ketones is 1. The lowest BCUT2D eigenvalue weighted by atomic mass is 10.0. The molecule has 0 saturated carbocycles. The summed E-state index contributed by atoms with van der Waals surface area (Å²) in [5.74, 6) is -0.631. The van der Waals surface area contributed by atoms with Crippen molar-refractivity contribution in [2.75, 3.05) is 11.9 Å². The van der Waals surface area contributed by atoms with Gasteiger partial charge in [0.05, 0.1) is 12.4 Å². The monoisotopic (exact) mass is 421 g/mol. The van der Waals surface area contributed by atoms with Gasteiger partial charge in [-0.15, -0.1) is 0 Å². The highest BCUT2D eigenvalue weighted by molar-refractivity contribution is 7.52. The molecule has 148 valence electrons. The van der Waals surface area contributed by atoms with E-state index in [1.54, 1.807) is 0 Å². The van der Waals surface area contributed by atoms with Crippen LogP contribution in [0.1, 0.15) is 19.1 Å². The topological polar surface area (TPSA) is 194 Å². The first-order chi connectivity index (χ1) is 12.6. The summed E-state index contributed by atoms with van der Waals surface area (Å²) in [6, 6.07) is 0. The number of anilines is 1. The summed E-state index contributed by atoms with van der Waals surface area (Å²) in [6.07, 6.45) is -4.54. The number of rotatable bonds is 6.